The van der Waals surface area contributed by atoms with E-state index in [0.29, 0.717) is 17.2 Å². The van der Waals surface area contributed by atoms with Gasteiger partial charge in [-0.3, -0.25) is 19.8 Å². The monoisotopic (exact) mass is 292 g/mol. The van der Waals surface area contributed by atoms with Crippen molar-refractivity contribution < 1.29 is 14.8 Å². The summed E-state index contributed by atoms with van der Waals surface area (Å²) in [6.45, 7) is 2.22. The summed E-state index contributed by atoms with van der Waals surface area (Å²) in [6, 6.07) is 3.64. The molecule has 0 atom stereocenters. The number of nitrogens with one attached hydrogen (secondary N) is 1. The first-order valence-electron chi connectivity index (χ1n) is 5.74. The summed E-state index contributed by atoms with van der Waals surface area (Å²) in [7, 11) is 0. The Kier molecular flexibility index (Phi) is 3.66. The fourth-order valence-corrected chi connectivity index (χ4v) is 2.11. The Bertz CT molecular complexity index is 642. The zero-order valence-corrected chi connectivity index (χ0v) is 11.3. The van der Waals surface area contributed by atoms with Crippen LogP contribution in [0.2, 0.25) is 0 Å². The van der Waals surface area contributed by atoms with Crippen LogP contribution in [-0.4, -0.2) is 27.4 Å². The molecule has 1 aromatic carbocycles. The van der Waals surface area contributed by atoms with Crippen LogP contribution in [0, 0.1) is 10.1 Å². The van der Waals surface area contributed by atoms with Gasteiger partial charge in [0.2, 0.25) is 0 Å². The third-order valence-electron chi connectivity index (χ3n) is 2.77. The minimum Gasteiger partial charge on any atom is -0.868 e. The highest BCUT2D eigenvalue weighted by Crippen LogP contribution is 2.25. The predicted octanol–water partition coefficient (Wildman–Crippen LogP) is 0.746. The number of carbonyl (C=O) groups excluding carboxylic acids is 1. The SMILES string of the molecule is CCN1C(=O)/C(=C/c2ccc([O-])c([N+](=O)[O-])c2)NC1=S. The standard InChI is InChI=1S/C12H11N3O4S/c1-2-14-11(17)8(13-12(14)20)5-7-3-4-10(16)9(6-7)15(18)19/h3-6,16H,2H2,1H3,(H,13,20)/p-1/b8-5-. The third-order valence-corrected chi connectivity index (χ3v) is 3.09. The molecular weight excluding hydrogens is 282 g/mol. The highest BCUT2D eigenvalue weighted by molar-refractivity contribution is 7.80. The summed E-state index contributed by atoms with van der Waals surface area (Å²) < 4.78 is 0. The van der Waals surface area contributed by atoms with Gasteiger partial charge in [-0.2, -0.15) is 0 Å². The zero-order chi connectivity index (χ0) is 14.9. The second-order valence-corrected chi connectivity index (χ2v) is 4.41. The zero-order valence-electron chi connectivity index (χ0n) is 10.5. The van der Waals surface area contributed by atoms with E-state index in [1.807, 2.05) is 0 Å². The first-order chi connectivity index (χ1) is 9.43. The van der Waals surface area contributed by atoms with E-state index in [2.05, 4.69) is 5.32 Å². The molecule has 1 aliphatic heterocycles. The molecule has 2 rings (SSSR count). The van der Waals surface area contributed by atoms with Crippen molar-refractivity contribution in [3.8, 4) is 5.75 Å². The van der Waals surface area contributed by atoms with Gasteiger partial charge in [0.1, 0.15) is 5.70 Å². The van der Waals surface area contributed by atoms with Gasteiger partial charge < -0.3 is 10.4 Å². The minimum atomic E-state index is -0.753. The number of benzene rings is 1. The molecule has 1 aliphatic rings. The number of hydrogen-bond donors (Lipinski definition) is 1. The van der Waals surface area contributed by atoms with Crippen molar-refractivity contribution in [3.05, 3.63) is 39.6 Å². The van der Waals surface area contributed by atoms with Crippen LogP contribution in [0.4, 0.5) is 5.69 Å². The van der Waals surface area contributed by atoms with Gasteiger partial charge in [0, 0.05) is 12.6 Å². The predicted molar refractivity (Wildman–Crippen MR) is 73.6 cm³/mol. The average Bonchev–Trinajstić information content (AvgIpc) is 2.66. The van der Waals surface area contributed by atoms with Gasteiger partial charge >= 0.3 is 0 Å². The fourth-order valence-electron chi connectivity index (χ4n) is 1.79. The van der Waals surface area contributed by atoms with E-state index >= 15 is 0 Å². The normalized spacial score (nSPS) is 16.6. The molecule has 7 nitrogen and oxygen atoms in total. The van der Waals surface area contributed by atoms with Crippen LogP contribution in [-0.2, 0) is 4.79 Å². The third kappa shape index (κ3) is 2.45. The number of hydrogen-bond acceptors (Lipinski definition) is 5. The molecule has 0 aliphatic carbocycles. The Morgan fingerprint density at radius 1 is 1.50 bits per heavy atom. The molecule has 0 aromatic heterocycles. The van der Waals surface area contributed by atoms with E-state index in [4.69, 9.17) is 12.2 Å². The summed E-state index contributed by atoms with van der Waals surface area (Å²) in [6.07, 6.45) is 1.43. The van der Waals surface area contributed by atoms with Crippen molar-refractivity contribution in [1.29, 1.82) is 0 Å². The van der Waals surface area contributed by atoms with E-state index in [1.165, 1.54) is 17.0 Å². The number of likely N-dealkylation sites (N-methyl/N-ethyl adjacent to an activating group) is 1. The first-order valence-corrected chi connectivity index (χ1v) is 6.15. The van der Waals surface area contributed by atoms with Gasteiger partial charge in [-0.05, 0) is 36.5 Å². The lowest BCUT2D eigenvalue weighted by Gasteiger charge is -2.09. The number of nitro benzene ring substituents is 1. The van der Waals surface area contributed by atoms with Gasteiger partial charge in [-0.15, -0.1) is 0 Å². The summed E-state index contributed by atoms with van der Waals surface area (Å²) in [5.74, 6) is -0.972. The van der Waals surface area contributed by atoms with Crippen molar-refractivity contribution in [2.45, 2.75) is 6.92 Å². The largest absolute Gasteiger partial charge is 0.868 e. The molecule has 1 aromatic rings. The number of amides is 1. The van der Waals surface area contributed by atoms with E-state index in [0.717, 1.165) is 12.1 Å². The number of thiocarbonyl (C=S) groups is 1. The molecule has 1 fully saturated rings. The van der Waals surface area contributed by atoms with Crippen LogP contribution >= 0.6 is 12.2 Å². The van der Waals surface area contributed by atoms with Gasteiger partial charge in [0.15, 0.2) is 5.11 Å². The molecule has 1 saturated heterocycles. The van der Waals surface area contributed by atoms with Gasteiger partial charge in [-0.25, -0.2) is 0 Å². The Hall–Kier alpha value is -2.48. The van der Waals surface area contributed by atoms with Crippen molar-refractivity contribution in [2.24, 2.45) is 0 Å². The van der Waals surface area contributed by atoms with Crippen LogP contribution in [0.25, 0.3) is 6.08 Å². The van der Waals surface area contributed by atoms with Gasteiger partial charge in [0.25, 0.3) is 11.6 Å². The van der Waals surface area contributed by atoms with E-state index in [-0.39, 0.29) is 11.6 Å². The van der Waals surface area contributed by atoms with E-state index < -0.39 is 16.4 Å². The molecule has 1 N–H and O–H groups in total. The number of rotatable bonds is 3. The van der Waals surface area contributed by atoms with Crippen LogP contribution in [0.1, 0.15) is 12.5 Å². The second kappa shape index (κ2) is 5.25. The highest BCUT2D eigenvalue weighted by atomic mass is 32.1. The fraction of sp³-hybridized carbons (Fsp3) is 0.167. The first kappa shape index (κ1) is 13.9. The lowest BCUT2D eigenvalue weighted by molar-refractivity contribution is -0.398. The van der Waals surface area contributed by atoms with Crippen LogP contribution in [0.3, 0.4) is 0 Å². The smallest absolute Gasteiger partial charge is 0.276 e. The number of nitrogens with zero attached hydrogens (tertiary/aromatic N) is 2. The Labute approximate surface area is 119 Å². The Morgan fingerprint density at radius 2 is 2.20 bits per heavy atom. The molecule has 1 heterocycles. The molecule has 0 spiro atoms. The molecule has 104 valence electrons. The number of carbonyl (C=O) groups is 1. The van der Waals surface area contributed by atoms with Crippen LogP contribution < -0.4 is 10.4 Å². The second-order valence-electron chi connectivity index (χ2n) is 4.02. The number of nitro groups is 1. The van der Waals surface area contributed by atoms with E-state index in [1.54, 1.807) is 6.92 Å². The van der Waals surface area contributed by atoms with Crippen LogP contribution in [0.5, 0.6) is 5.75 Å². The van der Waals surface area contributed by atoms with Gasteiger partial charge in [0.05, 0.1) is 4.92 Å². The van der Waals surface area contributed by atoms with E-state index in [9.17, 15) is 20.0 Å². The van der Waals surface area contributed by atoms with Crippen molar-refractivity contribution in [2.75, 3.05) is 6.54 Å². The molecule has 0 bridgehead atoms. The summed E-state index contributed by atoms with van der Waals surface area (Å²) in [5, 5.41) is 25.0. The summed E-state index contributed by atoms with van der Waals surface area (Å²) >= 11 is 4.99. The van der Waals surface area contributed by atoms with Gasteiger partial charge in [-0.1, -0.05) is 12.1 Å². The summed E-state index contributed by atoms with van der Waals surface area (Å²) in [4.78, 5) is 23.3. The molecule has 0 radical (unpaired) electrons. The molecule has 0 saturated carbocycles. The topological polar surface area (TPSA) is 98.5 Å². The molecular formula is C12H10N3O4S-. The maximum Gasteiger partial charge on any atom is 0.276 e. The maximum atomic E-state index is 11.9. The Balaban J connectivity index is 2.37. The molecule has 1 amide bonds. The van der Waals surface area contributed by atoms with Crippen molar-refractivity contribution in [1.82, 2.24) is 10.2 Å². The average molecular weight is 292 g/mol. The lowest BCUT2D eigenvalue weighted by atomic mass is 10.1. The van der Waals surface area contributed by atoms with Crippen molar-refractivity contribution in [3.63, 3.8) is 0 Å². The molecule has 8 heteroatoms. The van der Waals surface area contributed by atoms with Crippen molar-refractivity contribution >= 4 is 35.0 Å². The maximum absolute atomic E-state index is 11.9. The molecule has 0 unspecified atom stereocenters. The summed E-state index contributed by atoms with van der Waals surface area (Å²) in [5.41, 5.74) is 0.0809. The quantitative estimate of drug-likeness (QED) is 0.382. The highest BCUT2D eigenvalue weighted by Gasteiger charge is 2.29. The Morgan fingerprint density at radius 3 is 2.75 bits per heavy atom. The molecule has 20 heavy (non-hydrogen) atoms. The lowest BCUT2D eigenvalue weighted by Crippen LogP contribution is -2.30. The van der Waals surface area contributed by atoms with Crippen LogP contribution in [0.15, 0.2) is 23.9 Å². The minimum absolute atomic E-state index is 0.227.